The van der Waals surface area contributed by atoms with Gasteiger partial charge in [-0.2, -0.15) is 0 Å². The minimum atomic E-state index is -1.28. The molecular formula is C26H25NO4. The van der Waals surface area contributed by atoms with Gasteiger partial charge in [0.05, 0.1) is 17.0 Å². The van der Waals surface area contributed by atoms with Crippen LogP contribution in [0.3, 0.4) is 0 Å². The maximum Gasteiger partial charge on any atom is 0.312 e. The Hall–Kier alpha value is -3.44. The second-order valence-corrected chi connectivity index (χ2v) is 8.43. The zero-order valence-corrected chi connectivity index (χ0v) is 17.8. The topological polar surface area (TPSA) is 79.7 Å². The Morgan fingerprint density at radius 2 is 1.74 bits per heavy atom. The molecule has 4 rings (SSSR count). The average molecular weight is 415 g/mol. The highest BCUT2D eigenvalue weighted by molar-refractivity contribution is 5.85. The highest BCUT2D eigenvalue weighted by Crippen LogP contribution is 2.35. The number of carbonyl (C=O) groups is 1. The van der Waals surface area contributed by atoms with Gasteiger partial charge in [-0.1, -0.05) is 36.4 Å². The molecule has 0 fully saturated rings. The van der Waals surface area contributed by atoms with Crippen molar-refractivity contribution in [1.29, 1.82) is 0 Å². The summed E-state index contributed by atoms with van der Waals surface area (Å²) in [6.07, 6.45) is -1.10. The number of nitrogens with zero attached hydrogens (tertiary/aromatic N) is 1. The fourth-order valence-corrected chi connectivity index (χ4v) is 3.71. The third kappa shape index (κ3) is 4.09. The van der Waals surface area contributed by atoms with Gasteiger partial charge in [-0.3, -0.25) is 9.78 Å². The van der Waals surface area contributed by atoms with Crippen molar-refractivity contribution in [1.82, 2.24) is 4.98 Å². The number of fused-ring (bicyclic) bond motifs is 2. The Balaban J connectivity index is 1.58. The predicted molar refractivity (Wildman–Crippen MR) is 121 cm³/mol. The van der Waals surface area contributed by atoms with E-state index in [-0.39, 0.29) is 0 Å². The number of aliphatic hydroxyl groups excluding tert-OH is 1. The van der Waals surface area contributed by atoms with Crippen LogP contribution in [-0.2, 0) is 11.4 Å². The first-order valence-corrected chi connectivity index (χ1v) is 10.2. The van der Waals surface area contributed by atoms with Crippen molar-refractivity contribution in [3.63, 3.8) is 0 Å². The maximum atomic E-state index is 11.5. The molecule has 1 aromatic heterocycles. The third-order valence-electron chi connectivity index (χ3n) is 5.71. The molecule has 31 heavy (non-hydrogen) atoms. The minimum absolute atomic E-state index is 0.430. The van der Waals surface area contributed by atoms with E-state index in [1.165, 1.54) is 13.8 Å². The summed E-state index contributed by atoms with van der Waals surface area (Å²) in [7, 11) is 0. The van der Waals surface area contributed by atoms with Gasteiger partial charge in [-0.05, 0) is 67.4 Å². The number of benzene rings is 3. The van der Waals surface area contributed by atoms with Gasteiger partial charge in [0, 0.05) is 16.6 Å². The number of ether oxygens (including phenoxy) is 1. The summed E-state index contributed by atoms with van der Waals surface area (Å²) in [6.45, 7) is 5.44. The van der Waals surface area contributed by atoms with Crippen molar-refractivity contribution >= 4 is 27.6 Å². The summed E-state index contributed by atoms with van der Waals surface area (Å²) in [5, 5.41) is 22.9. The second-order valence-electron chi connectivity index (χ2n) is 8.43. The maximum absolute atomic E-state index is 11.5. The number of aliphatic carboxylic acids is 1. The number of aliphatic hydroxyl groups is 1. The zero-order valence-electron chi connectivity index (χ0n) is 17.8. The number of aryl methyl sites for hydroxylation is 1. The van der Waals surface area contributed by atoms with Crippen LogP contribution in [0.4, 0.5) is 0 Å². The van der Waals surface area contributed by atoms with Crippen LogP contribution in [0.2, 0.25) is 0 Å². The fourth-order valence-electron chi connectivity index (χ4n) is 3.71. The smallest absolute Gasteiger partial charge is 0.312 e. The lowest BCUT2D eigenvalue weighted by Gasteiger charge is -2.26. The number of aromatic nitrogens is 1. The SMILES string of the molecule is Cc1cc(COc2ccc3cc(C(O)C(C)(C)C(=O)O)ccc3c2)c2ccccc2n1. The van der Waals surface area contributed by atoms with Gasteiger partial charge >= 0.3 is 5.97 Å². The summed E-state index contributed by atoms with van der Waals surface area (Å²) in [5.41, 5.74) is 2.29. The van der Waals surface area contributed by atoms with E-state index in [4.69, 9.17) is 4.74 Å². The molecule has 0 aliphatic carbocycles. The van der Waals surface area contributed by atoms with E-state index in [0.29, 0.717) is 12.2 Å². The second kappa shape index (κ2) is 8.00. The van der Waals surface area contributed by atoms with E-state index in [1.54, 1.807) is 6.07 Å². The molecule has 0 amide bonds. The number of hydrogen-bond donors (Lipinski definition) is 2. The molecule has 0 aliphatic heterocycles. The number of carboxylic acids is 1. The lowest BCUT2D eigenvalue weighted by Crippen LogP contribution is -2.31. The van der Waals surface area contributed by atoms with E-state index in [0.717, 1.165) is 38.7 Å². The van der Waals surface area contributed by atoms with Gasteiger partial charge in [0.15, 0.2) is 0 Å². The first kappa shape index (κ1) is 20.8. The quantitative estimate of drug-likeness (QED) is 0.440. The molecule has 1 atom stereocenters. The van der Waals surface area contributed by atoms with Crippen molar-refractivity contribution < 1.29 is 19.7 Å². The van der Waals surface area contributed by atoms with Crippen LogP contribution in [0, 0.1) is 12.3 Å². The van der Waals surface area contributed by atoms with Gasteiger partial charge in [-0.25, -0.2) is 0 Å². The van der Waals surface area contributed by atoms with Crippen molar-refractivity contribution in [2.24, 2.45) is 5.41 Å². The summed E-state index contributed by atoms with van der Waals surface area (Å²) in [5.74, 6) is -0.298. The molecule has 0 radical (unpaired) electrons. The highest BCUT2D eigenvalue weighted by atomic mass is 16.5. The molecule has 0 spiro atoms. The van der Waals surface area contributed by atoms with Crippen LogP contribution in [0.15, 0.2) is 66.7 Å². The van der Waals surface area contributed by atoms with Crippen LogP contribution >= 0.6 is 0 Å². The largest absolute Gasteiger partial charge is 0.489 e. The van der Waals surface area contributed by atoms with E-state index in [9.17, 15) is 15.0 Å². The molecule has 3 aromatic carbocycles. The lowest BCUT2D eigenvalue weighted by molar-refractivity contribution is -0.153. The molecular weight excluding hydrogens is 390 g/mol. The molecule has 2 N–H and O–H groups in total. The molecule has 5 nitrogen and oxygen atoms in total. The van der Waals surface area contributed by atoms with E-state index in [1.807, 2.05) is 67.6 Å². The average Bonchev–Trinajstić information content (AvgIpc) is 2.76. The number of para-hydroxylation sites is 1. The minimum Gasteiger partial charge on any atom is -0.489 e. The molecule has 5 heteroatoms. The van der Waals surface area contributed by atoms with Crippen molar-refractivity contribution in [3.05, 3.63) is 83.6 Å². The molecule has 1 unspecified atom stereocenters. The van der Waals surface area contributed by atoms with Gasteiger partial charge in [0.2, 0.25) is 0 Å². The summed E-state index contributed by atoms with van der Waals surface area (Å²) in [6, 6.07) is 21.3. The fraction of sp³-hybridized carbons (Fsp3) is 0.231. The van der Waals surface area contributed by atoms with Crippen molar-refractivity contribution in [2.75, 3.05) is 0 Å². The summed E-state index contributed by atoms with van der Waals surface area (Å²) in [4.78, 5) is 16.0. The molecule has 0 aliphatic rings. The van der Waals surface area contributed by atoms with Crippen LogP contribution < -0.4 is 4.74 Å². The van der Waals surface area contributed by atoms with Crippen LogP contribution in [0.1, 0.15) is 36.8 Å². The van der Waals surface area contributed by atoms with E-state index in [2.05, 4.69) is 4.98 Å². The monoisotopic (exact) mass is 415 g/mol. The van der Waals surface area contributed by atoms with Crippen LogP contribution in [-0.4, -0.2) is 21.2 Å². The van der Waals surface area contributed by atoms with Gasteiger partial charge in [-0.15, -0.1) is 0 Å². The Morgan fingerprint density at radius 1 is 1.03 bits per heavy atom. The standard InChI is InChI=1S/C26H25NO4/c1-16-12-20(22-6-4-5-7-23(22)27-16)15-31-21-11-10-17-13-19(9-8-18(17)14-21)24(28)26(2,3)25(29)30/h4-14,24,28H,15H2,1-3H3,(H,29,30). The van der Waals surface area contributed by atoms with Crippen LogP contribution in [0.5, 0.6) is 5.75 Å². The predicted octanol–water partition coefficient (Wildman–Crippen LogP) is 5.42. The zero-order chi connectivity index (χ0) is 22.2. The Kier molecular flexibility index (Phi) is 5.38. The van der Waals surface area contributed by atoms with E-state index >= 15 is 0 Å². The molecule has 0 saturated carbocycles. The molecule has 0 bridgehead atoms. The molecule has 0 saturated heterocycles. The van der Waals surface area contributed by atoms with Crippen molar-refractivity contribution in [3.8, 4) is 5.75 Å². The lowest BCUT2D eigenvalue weighted by atomic mass is 9.82. The normalized spacial score (nSPS) is 12.8. The Labute approximate surface area is 180 Å². The number of carboxylic acid groups (broad SMARTS) is 1. The number of hydrogen-bond acceptors (Lipinski definition) is 4. The highest BCUT2D eigenvalue weighted by Gasteiger charge is 2.36. The summed E-state index contributed by atoms with van der Waals surface area (Å²) >= 11 is 0. The number of pyridine rings is 1. The molecule has 1 heterocycles. The van der Waals surface area contributed by atoms with Gasteiger partial charge in [0.1, 0.15) is 12.4 Å². The van der Waals surface area contributed by atoms with E-state index < -0.39 is 17.5 Å². The summed E-state index contributed by atoms with van der Waals surface area (Å²) < 4.78 is 6.07. The molecule has 158 valence electrons. The Bertz CT molecular complexity index is 1280. The molecule has 4 aromatic rings. The van der Waals surface area contributed by atoms with Gasteiger partial charge in [0.25, 0.3) is 0 Å². The first-order chi connectivity index (χ1) is 14.8. The Morgan fingerprint density at radius 3 is 2.52 bits per heavy atom. The third-order valence-corrected chi connectivity index (χ3v) is 5.71. The first-order valence-electron chi connectivity index (χ1n) is 10.2. The number of rotatable bonds is 6. The van der Waals surface area contributed by atoms with Crippen LogP contribution in [0.25, 0.3) is 21.7 Å². The van der Waals surface area contributed by atoms with Crippen molar-refractivity contribution in [2.45, 2.75) is 33.5 Å². The van der Waals surface area contributed by atoms with Gasteiger partial charge < -0.3 is 14.9 Å².